The van der Waals surface area contributed by atoms with Crippen LogP contribution in [0.2, 0.25) is 20.1 Å². The van der Waals surface area contributed by atoms with Crippen molar-refractivity contribution in [3.05, 3.63) is 188 Å². The van der Waals surface area contributed by atoms with Crippen molar-refractivity contribution in [1.29, 1.82) is 0 Å². The molecule has 18 heteroatoms. The molecular formula is C68H74Cl4N8O6. The Bertz CT molecular complexity index is 3540. The van der Waals surface area contributed by atoms with Gasteiger partial charge in [-0.25, -0.2) is 19.6 Å². The molecule has 14 nitrogen and oxygen atoms in total. The maximum atomic E-state index is 14.5. The molecule has 0 saturated carbocycles. The van der Waals surface area contributed by atoms with E-state index in [1.807, 2.05) is 135 Å². The number of anilines is 2. The number of amides is 2. The maximum absolute atomic E-state index is 14.5. The van der Waals surface area contributed by atoms with Gasteiger partial charge in [0.05, 0.1) is 55.7 Å². The number of hydrogen-bond donors (Lipinski definition) is 0. The van der Waals surface area contributed by atoms with Gasteiger partial charge in [-0.3, -0.25) is 14.7 Å². The minimum atomic E-state index is -0.520. The molecule has 2 aromatic heterocycles. The fourth-order valence-corrected chi connectivity index (χ4v) is 12.0. The predicted octanol–water partition coefficient (Wildman–Crippen LogP) is 15.6. The van der Waals surface area contributed by atoms with Crippen molar-refractivity contribution in [2.24, 2.45) is 0 Å². The summed E-state index contributed by atoms with van der Waals surface area (Å²) < 4.78 is 24.8. The number of carbonyl (C=O) groups excluding carboxylic acids is 2. The lowest BCUT2D eigenvalue weighted by molar-refractivity contribution is 0.144. The summed E-state index contributed by atoms with van der Waals surface area (Å²) in [6.07, 6.45) is 3.46. The number of rotatable bonds is 25. The zero-order chi connectivity index (χ0) is 59.8. The fraction of sp³-hybridized carbons (Fsp3) is 0.353. The van der Waals surface area contributed by atoms with Gasteiger partial charge in [-0.1, -0.05) is 127 Å². The minimum Gasteiger partial charge on any atom is -0.494 e. The third kappa shape index (κ3) is 16.7. The number of fused-ring (bicyclic) bond motifs is 2. The second-order valence-electron chi connectivity index (χ2n) is 22.0. The van der Waals surface area contributed by atoms with Gasteiger partial charge in [-0.2, -0.15) is 0 Å². The van der Waals surface area contributed by atoms with Crippen LogP contribution in [0.5, 0.6) is 23.3 Å². The first-order chi connectivity index (χ1) is 42.0. The molecule has 6 aromatic carbocycles. The van der Waals surface area contributed by atoms with Crippen molar-refractivity contribution in [2.75, 3.05) is 102 Å². The molecule has 1 unspecified atom stereocenters. The van der Waals surface area contributed by atoms with Crippen molar-refractivity contribution in [1.82, 2.24) is 29.6 Å². The summed E-state index contributed by atoms with van der Waals surface area (Å²) in [5.41, 5.74) is 6.26. The zero-order valence-corrected chi connectivity index (χ0v) is 51.9. The van der Waals surface area contributed by atoms with Gasteiger partial charge in [0.2, 0.25) is 11.8 Å². The number of unbranched alkanes of at least 4 members (excludes halogenated alkanes) is 1. The molecule has 2 aliphatic heterocycles. The van der Waals surface area contributed by atoms with Gasteiger partial charge in [0, 0.05) is 119 Å². The molecule has 0 radical (unpaired) electrons. The monoisotopic (exact) mass is 1240 g/mol. The molecular weight excluding hydrogens is 1170 g/mol. The van der Waals surface area contributed by atoms with Crippen molar-refractivity contribution < 1.29 is 28.5 Å². The van der Waals surface area contributed by atoms with E-state index in [1.54, 1.807) is 21.9 Å². The number of halogens is 4. The number of piperazine rings is 2. The van der Waals surface area contributed by atoms with Gasteiger partial charge >= 0.3 is 12.2 Å². The molecule has 2 saturated heterocycles. The number of hydrogen-bond acceptors (Lipinski definition) is 12. The van der Waals surface area contributed by atoms with E-state index < -0.39 is 12.2 Å². The van der Waals surface area contributed by atoms with Gasteiger partial charge in [-0.05, 0) is 123 Å². The van der Waals surface area contributed by atoms with Crippen molar-refractivity contribution in [3.63, 3.8) is 0 Å². The van der Waals surface area contributed by atoms with Crippen LogP contribution in [0.25, 0.3) is 21.8 Å². The molecule has 2 aliphatic rings. The number of aromatic nitrogens is 2. The Kier molecular flexibility index (Phi) is 22.0. The van der Waals surface area contributed by atoms with Crippen LogP contribution in [0.4, 0.5) is 21.0 Å². The molecule has 2 amide bonds. The Morgan fingerprint density at radius 1 is 0.523 bits per heavy atom. The van der Waals surface area contributed by atoms with Crippen molar-refractivity contribution in [2.45, 2.75) is 65.0 Å². The molecule has 0 aliphatic carbocycles. The number of benzene rings is 6. The van der Waals surface area contributed by atoms with Crippen molar-refractivity contribution >= 4 is 91.8 Å². The quantitative estimate of drug-likeness (QED) is 0.0507. The maximum Gasteiger partial charge on any atom is 0.417 e. The second-order valence-corrected chi connectivity index (χ2v) is 23.5. The molecule has 0 spiro atoms. The number of nitrogens with zero attached hydrogens (tertiary/aromatic N) is 8. The summed E-state index contributed by atoms with van der Waals surface area (Å²) in [7, 11) is 0. The van der Waals surface area contributed by atoms with Crippen LogP contribution in [-0.2, 0) is 13.1 Å². The van der Waals surface area contributed by atoms with Crippen LogP contribution in [0.15, 0.2) is 152 Å². The number of carbonyl (C=O) groups is 2. The van der Waals surface area contributed by atoms with Gasteiger partial charge in [0.1, 0.15) is 11.5 Å². The van der Waals surface area contributed by atoms with E-state index in [1.165, 1.54) is 0 Å². The van der Waals surface area contributed by atoms with Crippen LogP contribution in [0.1, 0.15) is 68.6 Å². The van der Waals surface area contributed by atoms with E-state index in [0.29, 0.717) is 75.5 Å². The Morgan fingerprint density at radius 3 is 1.62 bits per heavy atom. The van der Waals surface area contributed by atoms with Crippen LogP contribution >= 0.6 is 46.4 Å². The molecule has 0 bridgehead atoms. The standard InChI is InChI=1S/C68H74Cl4N8O6/c1-3-30-79(31-4-2)67(81)85-63-27-23-52-22-26-56(45-60(52)74-63)84-48-54(29-33-76-36-40-78(41-37-76)62-20-12-18-58(70)66(62)72)53-16-10-15-50(43-53)47-80(46-49-13-6-5-7-14-49)68(82)86-64-28-24-51-21-25-55(44-59(51)73-64)83-42-9-8-32-75-34-38-77(39-35-75)61-19-11-17-57(69)65(61)71/h5-7,10-28,43-45,54H,3-4,8-9,29-42,46-48H2,1-2H3. The largest absolute Gasteiger partial charge is 0.494 e. The van der Waals surface area contributed by atoms with E-state index in [4.69, 9.17) is 75.3 Å². The molecule has 10 rings (SSSR count). The Hall–Kier alpha value is -7.04. The highest BCUT2D eigenvalue weighted by atomic mass is 35.5. The van der Waals surface area contributed by atoms with E-state index >= 15 is 0 Å². The molecule has 86 heavy (non-hydrogen) atoms. The lowest BCUT2D eigenvalue weighted by Crippen LogP contribution is -2.47. The van der Waals surface area contributed by atoms with Crippen LogP contribution in [-0.4, -0.2) is 134 Å². The topological polar surface area (TPSA) is 116 Å². The fourth-order valence-electron chi connectivity index (χ4n) is 11.2. The highest BCUT2D eigenvalue weighted by Crippen LogP contribution is 2.35. The van der Waals surface area contributed by atoms with Gasteiger partial charge < -0.3 is 33.6 Å². The molecule has 0 N–H and O–H groups in total. The summed E-state index contributed by atoms with van der Waals surface area (Å²) >= 11 is 25.9. The first-order valence-corrected chi connectivity index (χ1v) is 31.4. The number of ether oxygens (including phenoxy) is 4. The molecule has 450 valence electrons. The normalized spacial score (nSPS) is 14.3. The highest BCUT2D eigenvalue weighted by molar-refractivity contribution is 6.44. The second kappa shape index (κ2) is 30.5. The Balaban J connectivity index is 0.799. The molecule has 1 atom stereocenters. The summed E-state index contributed by atoms with van der Waals surface area (Å²) in [5.74, 6) is 1.77. The molecule has 4 heterocycles. The van der Waals surface area contributed by atoms with E-state index in [0.717, 1.165) is 136 Å². The van der Waals surface area contributed by atoms with Crippen LogP contribution < -0.4 is 28.7 Å². The number of pyridine rings is 2. The zero-order valence-electron chi connectivity index (χ0n) is 48.9. The minimum absolute atomic E-state index is 0.0338. The summed E-state index contributed by atoms with van der Waals surface area (Å²) in [4.78, 5) is 50.1. The van der Waals surface area contributed by atoms with E-state index in [-0.39, 0.29) is 24.2 Å². The average molecular weight is 1240 g/mol. The third-order valence-corrected chi connectivity index (χ3v) is 17.5. The van der Waals surface area contributed by atoms with Crippen molar-refractivity contribution in [3.8, 4) is 23.3 Å². The van der Waals surface area contributed by atoms with Gasteiger partial charge in [0.25, 0.3) is 0 Å². The SMILES string of the molecule is CCCN(CCC)C(=O)Oc1ccc2ccc(OCC(CCN3CCN(c4cccc(Cl)c4Cl)CC3)c3cccc(CN(Cc4ccccc4)C(=O)Oc4ccc5ccc(OCCCCN6CCN(c7cccc(Cl)c7Cl)CC6)cc5n4)c3)cc2n1. The summed E-state index contributed by atoms with van der Waals surface area (Å²) in [6.45, 7) is 15.7. The van der Waals surface area contributed by atoms with E-state index in [9.17, 15) is 9.59 Å². The molecule has 8 aromatic rings. The van der Waals surface area contributed by atoms with Crippen LogP contribution in [0.3, 0.4) is 0 Å². The Labute approximate surface area is 525 Å². The average Bonchev–Trinajstić information content (AvgIpc) is 2.98. The van der Waals surface area contributed by atoms with E-state index in [2.05, 4.69) is 37.8 Å². The Morgan fingerprint density at radius 2 is 1.03 bits per heavy atom. The third-order valence-electron chi connectivity index (χ3n) is 15.8. The van der Waals surface area contributed by atoms with Crippen LogP contribution in [0, 0.1) is 0 Å². The summed E-state index contributed by atoms with van der Waals surface area (Å²) in [5, 5.41) is 4.12. The summed E-state index contributed by atoms with van der Waals surface area (Å²) in [6, 6.07) is 48.9. The predicted molar refractivity (Wildman–Crippen MR) is 348 cm³/mol. The smallest absolute Gasteiger partial charge is 0.417 e. The van der Waals surface area contributed by atoms with Gasteiger partial charge in [-0.15, -0.1) is 0 Å². The first-order valence-electron chi connectivity index (χ1n) is 29.9. The molecule has 2 fully saturated rings. The lowest BCUT2D eigenvalue weighted by Gasteiger charge is -2.37. The highest BCUT2D eigenvalue weighted by Gasteiger charge is 2.25. The lowest BCUT2D eigenvalue weighted by atomic mass is 9.94. The first kappa shape index (κ1) is 62.0. The van der Waals surface area contributed by atoms with Gasteiger partial charge in [0.15, 0.2) is 0 Å².